The van der Waals surface area contributed by atoms with E-state index in [1.165, 1.54) is 0 Å². The summed E-state index contributed by atoms with van der Waals surface area (Å²) in [5, 5.41) is 0. The van der Waals surface area contributed by atoms with Crippen molar-refractivity contribution in [2.24, 2.45) is 0 Å². The topological polar surface area (TPSA) is 43.4 Å². The molecule has 0 aromatic heterocycles. The Morgan fingerprint density at radius 2 is 1.89 bits per heavy atom. The molecule has 0 N–H and O–H groups in total. The van der Waals surface area contributed by atoms with Gasteiger partial charge in [-0.1, -0.05) is 42.0 Å². The lowest BCUT2D eigenvalue weighted by atomic mass is 10.1. The number of aldehydes is 1. The van der Waals surface area contributed by atoms with Gasteiger partial charge in [0.2, 0.25) is 0 Å². The summed E-state index contributed by atoms with van der Waals surface area (Å²) in [6, 6.07) is 14.2. The van der Waals surface area contributed by atoms with E-state index in [-0.39, 0.29) is 12.4 Å². The minimum atomic E-state index is -0.341. The Morgan fingerprint density at radius 3 is 2.58 bits per heavy atom. The molecule has 2 aromatic carbocycles. The van der Waals surface area contributed by atoms with Crippen LogP contribution < -0.4 is 4.74 Å². The molecule has 96 valence electrons. The van der Waals surface area contributed by atoms with Gasteiger partial charge in [0.05, 0.1) is 6.42 Å². The van der Waals surface area contributed by atoms with E-state index in [1.807, 2.05) is 31.2 Å². The van der Waals surface area contributed by atoms with Gasteiger partial charge in [-0.3, -0.25) is 9.59 Å². The second-order valence-corrected chi connectivity index (χ2v) is 4.33. The molecule has 0 unspecified atom stereocenters. The normalized spacial score (nSPS) is 9.95. The molecule has 3 heteroatoms. The van der Waals surface area contributed by atoms with Gasteiger partial charge in [0.25, 0.3) is 0 Å². The van der Waals surface area contributed by atoms with Gasteiger partial charge in [0, 0.05) is 5.56 Å². The summed E-state index contributed by atoms with van der Waals surface area (Å²) in [6.45, 7) is 1.99. The number of aryl methyl sites for hydroxylation is 1. The minimum absolute atomic E-state index is 0.214. The first kappa shape index (κ1) is 13.0. The third kappa shape index (κ3) is 3.78. The highest BCUT2D eigenvalue weighted by Gasteiger charge is 2.06. The summed E-state index contributed by atoms with van der Waals surface area (Å²) in [4.78, 5) is 22.4. The molecule has 0 aliphatic carbocycles. The van der Waals surface area contributed by atoms with Crippen LogP contribution in [0.1, 0.15) is 21.5 Å². The smallest absolute Gasteiger partial charge is 0.315 e. The molecule has 0 saturated carbocycles. The summed E-state index contributed by atoms with van der Waals surface area (Å²) in [6.07, 6.45) is 0.933. The van der Waals surface area contributed by atoms with Crippen molar-refractivity contribution in [3.05, 3.63) is 65.2 Å². The van der Waals surface area contributed by atoms with E-state index in [2.05, 4.69) is 0 Å². The third-order valence-electron chi connectivity index (χ3n) is 2.69. The summed E-state index contributed by atoms with van der Waals surface area (Å²) < 4.78 is 5.19. The lowest BCUT2D eigenvalue weighted by Crippen LogP contribution is -2.11. The van der Waals surface area contributed by atoms with Crippen molar-refractivity contribution in [2.75, 3.05) is 0 Å². The lowest BCUT2D eigenvalue weighted by Gasteiger charge is -2.05. The number of carbonyl (C=O) groups excluding carboxylic acids is 2. The maximum Gasteiger partial charge on any atom is 0.315 e. The van der Waals surface area contributed by atoms with E-state index in [1.54, 1.807) is 24.3 Å². The van der Waals surface area contributed by atoms with E-state index in [9.17, 15) is 9.59 Å². The van der Waals surface area contributed by atoms with Gasteiger partial charge in [-0.05, 0) is 24.6 Å². The molecule has 3 nitrogen and oxygen atoms in total. The van der Waals surface area contributed by atoms with Crippen LogP contribution in [-0.2, 0) is 11.2 Å². The number of ether oxygens (including phenoxy) is 1. The Morgan fingerprint density at radius 1 is 1.16 bits per heavy atom. The van der Waals surface area contributed by atoms with Gasteiger partial charge in [-0.25, -0.2) is 0 Å². The molecule has 0 fully saturated rings. The van der Waals surface area contributed by atoms with Gasteiger partial charge >= 0.3 is 5.97 Å². The summed E-state index contributed by atoms with van der Waals surface area (Å²) in [5.41, 5.74) is 2.54. The fourth-order valence-electron chi connectivity index (χ4n) is 1.69. The molecule has 0 radical (unpaired) electrons. The van der Waals surface area contributed by atoms with Gasteiger partial charge in [-0.15, -0.1) is 0 Å². The molecule has 0 amide bonds. The molecule has 2 aromatic rings. The first-order valence-electron chi connectivity index (χ1n) is 5.99. The largest absolute Gasteiger partial charge is 0.426 e. The maximum atomic E-state index is 11.8. The Hall–Kier alpha value is -2.42. The first-order chi connectivity index (χ1) is 9.17. The molecule has 0 spiro atoms. The van der Waals surface area contributed by atoms with Crippen molar-refractivity contribution in [3.63, 3.8) is 0 Å². The molecule has 0 heterocycles. The van der Waals surface area contributed by atoms with E-state index in [0.717, 1.165) is 17.4 Å². The van der Waals surface area contributed by atoms with Crippen LogP contribution in [0.4, 0.5) is 0 Å². The molecular weight excluding hydrogens is 240 g/mol. The quantitative estimate of drug-likeness (QED) is 0.478. The van der Waals surface area contributed by atoms with Crippen LogP contribution >= 0.6 is 0 Å². The van der Waals surface area contributed by atoms with Crippen molar-refractivity contribution in [1.29, 1.82) is 0 Å². The highest BCUT2D eigenvalue weighted by Crippen LogP contribution is 2.13. The lowest BCUT2D eigenvalue weighted by molar-refractivity contribution is -0.133. The highest BCUT2D eigenvalue weighted by atomic mass is 16.5. The monoisotopic (exact) mass is 254 g/mol. The predicted molar refractivity (Wildman–Crippen MR) is 72.3 cm³/mol. The Kier molecular flexibility index (Phi) is 4.08. The summed E-state index contributed by atoms with van der Waals surface area (Å²) >= 11 is 0. The second-order valence-electron chi connectivity index (χ2n) is 4.33. The standard InChI is InChI=1S/C16H14O3/c1-12-5-7-13(8-6-12)10-16(18)19-15-4-2-3-14(9-15)11-17/h2-9,11H,10H2,1H3. The number of hydrogen-bond donors (Lipinski definition) is 0. The summed E-state index contributed by atoms with van der Waals surface area (Å²) in [7, 11) is 0. The van der Waals surface area contributed by atoms with E-state index >= 15 is 0 Å². The zero-order valence-corrected chi connectivity index (χ0v) is 10.6. The van der Waals surface area contributed by atoms with Crippen molar-refractivity contribution in [2.45, 2.75) is 13.3 Å². The molecule has 0 atom stereocenters. The van der Waals surface area contributed by atoms with E-state index in [4.69, 9.17) is 4.74 Å². The highest BCUT2D eigenvalue weighted by molar-refractivity contribution is 5.78. The SMILES string of the molecule is Cc1ccc(CC(=O)Oc2cccc(C=O)c2)cc1. The van der Waals surface area contributed by atoms with E-state index in [0.29, 0.717) is 11.3 Å². The minimum Gasteiger partial charge on any atom is -0.426 e. The molecular formula is C16H14O3. The molecule has 2 rings (SSSR count). The Bertz CT molecular complexity index is 585. The zero-order valence-electron chi connectivity index (χ0n) is 10.6. The van der Waals surface area contributed by atoms with Crippen LogP contribution in [0.15, 0.2) is 48.5 Å². The number of carbonyl (C=O) groups is 2. The number of hydrogen-bond acceptors (Lipinski definition) is 3. The van der Waals surface area contributed by atoms with Gasteiger partial charge in [0.15, 0.2) is 0 Å². The fraction of sp³-hybridized carbons (Fsp3) is 0.125. The van der Waals surface area contributed by atoms with Crippen LogP contribution in [-0.4, -0.2) is 12.3 Å². The number of esters is 1. The number of rotatable bonds is 4. The average molecular weight is 254 g/mol. The van der Waals surface area contributed by atoms with Crippen molar-refractivity contribution >= 4 is 12.3 Å². The van der Waals surface area contributed by atoms with Crippen LogP contribution in [0, 0.1) is 6.92 Å². The Balaban J connectivity index is 2.00. The molecule has 0 aliphatic heterocycles. The second kappa shape index (κ2) is 5.96. The van der Waals surface area contributed by atoms with Crippen LogP contribution in [0.5, 0.6) is 5.75 Å². The molecule has 0 aliphatic rings. The van der Waals surface area contributed by atoms with Crippen LogP contribution in [0.2, 0.25) is 0 Å². The van der Waals surface area contributed by atoms with Crippen LogP contribution in [0.25, 0.3) is 0 Å². The third-order valence-corrected chi connectivity index (χ3v) is 2.69. The molecule has 19 heavy (non-hydrogen) atoms. The first-order valence-corrected chi connectivity index (χ1v) is 5.99. The predicted octanol–water partition coefficient (Wildman–Crippen LogP) is 2.96. The van der Waals surface area contributed by atoms with E-state index < -0.39 is 0 Å². The van der Waals surface area contributed by atoms with Gasteiger partial charge < -0.3 is 4.74 Å². The Labute approximate surface area is 111 Å². The maximum absolute atomic E-state index is 11.8. The van der Waals surface area contributed by atoms with Crippen molar-refractivity contribution in [1.82, 2.24) is 0 Å². The molecule has 0 saturated heterocycles. The van der Waals surface area contributed by atoms with Gasteiger partial charge in [-0.2, -0.15) is 0 Å². The number of benzene rings is 2. The molecule has 0 bridgehead atoms. The fourth-order valence-corrected chi connectivity index (χ4v) is 1.69. The average Bonchev–Trinajstić information content (AvgIpc) is 2.41. The van der Waals surface area contributed by atoms with Gasteiger partial charge in [0.1, 0.15) is 12.0 Å². The van der Waals surface area contributed by atoms with Crippen molar-refractivity contribution in [3.8, 4) is 5.75 Å². The zero-order chi connectivity index (χ0) is 13.7. The summed E-state index contributed by atoms with van der Waals surface area (Å²) in [5.74, 6) is 0.0496. The van der Waals surface area contributed by atoms with Crippen LogP contribution in [0.3, 0.4) is 0 Å². The van der Waals surface area contributed by atoms with Crippen molar-refractivity contribution < 1.29 is 14.3 Å².